The van der Waals surface area contributed by atoms with Crippen LogP contribution in [0.4, 0.5) is 13.6 Å². The second-order valence-corrected chi connectivity index (χ2v) is 5.46. The third-order valence-electron chi connectivity index (χ3n) is 3.85. The third-order valence-corrected chi connectivity index (χ3v) is 3.85. The topological polar surface area (TPSA) is 40.5 Å². The van der Waals surface area contributed by atoms with E-state index in [-0.39, 0.29) is 5.41 Å². The number of hydrogen-bond acceptors (Lipinski definition) is 1. The molecule has 1 aromatic carbocycles. The summed E-state index contributed by atoms with van der Waals surface area (Å²) in [7, 11) is 0. The van der Waals surface area contributed by atoms with Gasteiger partial charge in [-0.25, -0.2) is 13.6 Å². The van der Waals surface area contributed by atoms with Crippen molar-refractivity contribution in [3.8, 4) is 0 Å². The first-order valence-corrected chi connectivity index (χ1v) is 6.10. The van der Waals surface area contributed by atoms with E-state index >= 15 is 0 Å². The first-order valence-electron chi connectivity index (χ1n) is 6.10. The van der Waals surface area contributed by atoms with Crippen LogP contribution in [0.25, 0.3) is 6.08 Å². The van der Waals surface area contributed by atoms with E-state index in [0.29, 0.717) is 18.7 Å². The normalized spacial score (nSPS) is 19.9. The molecule has 0 bridgehead atoms. The largest absolute Gasteiger partial charge is 0.465 e. The second kappa shape index (κ2) is 4.05. The Balaban J connectivity index is 1.65. The van der Waals surface area contributed by atoms with E-state index in [1.165, 1.54) is 17.0 Å². The van der Waals surface area contributed by atoms with Crippen LogP contribution in [0.1, 0.15) is 18.4 Å². The molecule has 2 aliphatic rings. The number of rotatable bonds is 1. The Kier molecular flexibility index (Phi) is 2.59. The van der Waals surface area contributed by atoms with Crippen molar-refractivity contribution in [3.63, 3.8) is 0 Å². The maximum Gasteiger partial charge on any atom is 0.407 e. The Morgan fingerprint density at radius 2 is 2.00 bits per heavy atom. The van der Waals surface area contributed by atoms with Crippen LogP contribution in [0.5, 0.6) is 0 Å². The Morgan fingerprint density at radius 3 is 2.58 bits per heavy atom. The van der Waals surface area contributed by atoms with Crippen molar-refractivity contribution >= 4 is 12.2 Å². The summed E-state index contributed by atoms with van der Waals surface area (Å²) >= 11 is 0. The maximum atomic E-state index is 13.5. The molecule has 1 spiro atoms. The molecule has 19 heavy (non-hydrogen) atoms. The first-order chi connectivity index (χ1) is 8.97. The zero-order chi connectivity index (χ0) is 13.6. The van der Waals surface area contributed by atoms with Gasteiger partial charge in [0.05, 0.1) is 0 Å². The maximum absolute atomic E-state index is 13.5. The molecule has 1 aliphatic heterocycles. The van der Waals surface area contributed by atoms with Gasteiger partial charge < -0.3 is 10.0 Å². The summed E-state index contributed by atoms with van der Waals surface area (Å²) in [4.78, 5) is 12.1. The van der Waals surface area contributed by atoms with E-state index < -0.39 is 17.7 Å². The SMILES string of the molecule is O=C(O)N1CC2(CC(=Cc3ccc(F)cc3F)C2)C1. The Bertz CT molecular complexity index is 567. The summed E-state index contributed by atoms with van der Waals surface area (Å²) < 4.78 is 26.2. The molecular weight excluding hydrogens is 252 g/mol. The van der Waals surface area contributed by atoms with E-state index in [2.05, 4.69) is 0 Å². The van der Waals surface area contributed by atoms with Crippen LogP contribution >= 0.6 is 0 Å². The fourth-order valence-electron chi connectivity index (χ4n) is 2.97. The minimum Gasteiger partial charge on any atom is -0.465 e. The summed E-state index contributed by atoms with van der Waals surface area (Å²) in [5.41, 5.74) is 1.55. The fraction of sp³-hybridized carbons (Fsp3) is 0.357. The molecule has 0 radical (unpaired) electrons. The van der Waals surface area contributed by atoms with Crippen molar-refractivity contribution in [2.45, 2.75) is 12.8 Å². The van der Waals surface area contributed by atoms with Crippen LogP contribution in [0.15, 0.2) is 23.8 Å². The Hall–Kier alpha value is -1.91. The zero-order valence-corrected chi connectivity index (χ0v) is 10.2. The quantitative estimate of drug-likeness (QED) is 0.847. The molecule has 5 heteroatoms. The van der Waals surface area contributed by atoms with E-state index in [9.17, 15) is 13.6 Å². The van der Waals surface area contributed by atoms with E-state index in [1.807, 2.05) is 0 Å². The summed E-state index contributed by atoms with van der Waals surface area (Å²) in [6.07, 6.45) is 2.46. The highest BCUT2D eigenvalue weighted by Crippen LogP contribution is 2.52. The van der Waals surface area contributed by atoms with Crippen molar-refractivity contribution in [1.82, 2.24) is 4.90 Å². The number of allylic oxidation sites excluding steroid dienone is 1. The molecule has 2 fully saturated rings. The Labute approximate surface area is 109 Å². The van der Waals surface area contributed by atoms with Crippen LogP contribution < -0.4 is 0 Å². The van der Waals surface area contributed by atoms with Crippen molar-refractivity contribution < 1.29 is 18.7 Å². The Morgan fingerprint density at radius 1 is 1.32 bits per heavy atom. The number of carboxylic acid groups (broad SMARTS) is 1. The second-order valence-electron chi connectivity index (χ2n) is 5.46. The first kappa shape index (κ1) is 12.1. The summed E-state index contributed by atoms with van der Waals surface area (Å²) in [5, 5.41) is 8.77. The van der Waals surface area contributed by atoms with Gasteiger partial charge in [-0.3, -0.25) is 0 Å². The molecule has 1 aromatic rings. The molecule has 1 amide bonds. The molecule has 1 aliphatic carbocycles. The van der Waals surface area contributed by atoms with Crippen LogP contribution in [0.2, 0.25) is 0 Å². The van der Waals surface area contributed by atoms with E-state index in [4.69, 9.17) is 5.11 Å². The van der Waals surface area contributed by atoms with Crippen molar-refractivity contribution in [1.29, 1.82) is 0 Å². The van der Waals surface area contributed by atoms with Crippen LogP contribution in [-0.4, -0.2) is 29.2 Å². The monoisotopic (exact) mass is 265 g/mol. The highest BCUT2D eigenvalue weighted by atomic mass is 19.1. The lowest BCUT2D eigenvalue weighted by Crippen LogP contribution is -2.61. The number of nitrogens with zero attached hydrogens (tertiary/aromatic N) is 1. The molecule has 100 valence electrons. The van der Waals surface area contributed by atoms with Crippen molar-refractivity contribution in [3.05, 3.63) is 41.0 Å². The minimum atomic E-state index is -0.882. The number of benzene rings is 1. The number of amides is 1. The van der Waals surface area contributed by atoms with Gasteiger partial charge in [0, 0.05) is 30.1 Å². The fourth-order valence-corrected chi connectivity index (χ4v) is 2.97. The summed E-state index contributed by atoms with van der Waals surface area (Å²) in [6.45, 7) is 1.12. The molecular formula is C14H13F2NO2. The average molecular weight is 265 g/mol. The van der Waals surface area contributed by atoms with Gasteiger partial charge in [0.2, 0.25) is 0 Å². The van der Waals surface area contributed by atoms with Gasteiger partial charge in [-0.05, 0) is 25.0 Å². The molecule has 0 unspecified atom stereocenters. The minimum absolute atomic E-state index is 0.0702. The van der Waals surface area contributed by atoms with Gasteiger partial charge in [-0.1, -0.05) is 11.6 Å². The van der Waals surface area contributed by atoms with Crippen molar-refractivity contribution in [2.24, 2.45) is 5.41 Å². The van der Waals surface area contributed by atoms with Gasteiger partial charge in [-0.2, -0.15) is 0 Å². The lowest BCUT2D eigenvalue weighted by molar-refractivity contribution is -0.0162. The zero-order valence-electron chi connectivity index (χ0n) is 10.2. The summed E-state index contributed by atoms with van der Waals surface area (Å²) in [5.74, 6) is -1.14. The average Bonchev–Trinajstić information content (AvgIpc) is 2.21. The lowest BCUT2D eigenvalue weighted by atomic mass is 9.60. The molecule has 3 nitrogen and oxygen atoms in total. The third kappa shape index (κ3) is 2.09. The van der Waals surface area contributed by atoms with E-state index in [1.54, 1.807) is 6.08 Å². The highest BCUT2D eigenvalue weighted by Gasteiger charge is 2.51. The number of likely N-dealkylation sites (tertiary alicyclic amines) is 1. The van der Waals surface area contributed by atoms with Gasteiger partial charge >= 0.3 is 6.09 Å². The molecule has 0 aromatic heterocycles. The number of halogens is 2. The van der Waals surface area contributed by atoms with Crippen molar-refractivity contribution in [2.75, 3.05) is 13.1 Å². The summed E-state index contributed by atoms with van der Waals surface area (Å²) in [6, 6.07) is 3.53. The smallest absolute Gasteiger partial charge is 0.407 e. The predicted octanol–water partition coefficient (Wildman–Crippen LogP) is 3.12. The van der Waals surface area contributed by atoms with Gasteiger partial charge in [0.1, 0.15) is 11.6 Å². The molecule has 0 atom stereocenters. The number of carbonyl (C=O) groups is 1. The van der Waals surface area contributed by atoms with E-state index in [0.717, 1.165) is 24.5 Å². The van der Waals surface area contributed by atoms with Gasteiger partial charge in [-0.15, -0.1) is 0 Å². The molecule has 1 heterocycles. The van der Waals surface area contributed by atoms with Gasteiger partial charge in [0.15, 0.2) is 0 Å². The van der Waals surface area contributed by atoms with Gasteiger partial charge in [0.25, 0.3) is 0 Å². The molecule has 3 rings (SSSR count). The van der Waals surface area contributed by atoms with Crippen LogP contribution in [0, 0.1) is 17.0 Å². The number of hydrogen-bond donors (Lipinski definition) is 1. The predicted molar refractivity (Wildman–Crippen MR) is 65.6 cm³/mol. The van der Waals surface area contributed by atoms with Crippen LogP contribution in [0.3, 0.4) is 0 Å². The standard InChI is InChI=1S/C14H13F2NO2/c15-11-2-1-10(12(16)4-11)3-9-5-14(6-9)7-17(8-14)13(18)19/h1-4H,5-8H2,(H,18,19). The molecule has 1 saturated heterocycles. The highest BCUT2D eigenvalue weighted by molar-refractivity contribution is 5.67. The lowest BCUT2D eigenvalue weighted by Gasteiger charge is -2.55. The van der Waals surface area contributed by atoms with Crippen LogP contribution in [-0.2, 0) is 0 Å². The molecule has 1 N–H and O–H groups in total. The molecule has 1 saturated carbocycles.